The zero-order chi connectivity index (χ0) is 14.7. The van der Waals surface area contributed by atoms with Crippen molar-refractivity contribution in [2.75, 3.05) is 7.11 Å². The van der Waals surface area contributed by atoms with Gasteiger partial charge in [-0.1, -0.05) is 33.6 Å². The monoisotopic (exact) mass is 352 g/mol. The molecule has 104 valence electrons. The number of halogens is 2. The molecule has 2 rings (SSSR count). The second kappa shape index (κ2) is 6.42. The third kappa shape index (κ3) is 3.41. The van der Waals surface area contributed by atoms with Crippen molar-refractivity contribution in [3.8, 4) is 5.75 Å². The smallest absolute Gasteiger partial charge is 0.167 e. The van der Waals surface area contributed by atoms with Gasteiger partial charge in [0.15, 0.2) is 5.78 Å². The van der Waals surface area contributed by atoms with E-state index < -0.39 is 0 Å². The molecule has 0 aliphatic rings. The molecule has 4 heteroatoms. The van der Waals surface area contributed by atoms with Crippen molar-refractivity contribution in [1.29, 1.82) is 0 Å². The van der Waals surface area contributed by atoms with Crippen LogP contribution in [0.3, 0.4) is 0 Å². The molecule has 0 radical (unpaired) electrons. The molecule has 0 atom stereocenters. The number of benzene rings is 2. The molecular formula is C16H14BrClO2. The summed E-state index contributed by atoms with van der Waals surface area (Å²) in [5.74, 6) is 0.739. The Kier molecular flexibility index (Phi) is 4.84. The van der Waals surface area contributed by atoms with Gasteiger partial charge in [-0.3, -0.25) is 4.79 Å². The number of aryl methyl sites for hydroxylation is 1. The second-order valence-corrected chi connectivity index (χ2v) is 5.87. The predicted octanol–water partition coefficient (Wildman–Crippen LogP) is 4.84. The van der Waals surface area contributed by atoms with Gasteiger partial charge >= 0.3 is 0 Å². The Bertz CT molecular complexity index is 653. The highest BCUT2D eigenvalue weighted by Gasteiger charge is 2.14. The van der Waals surface area contributed by atoms with Crippen LogP contribution in [0.2, 0.25) is 5.02 Å². The first-order valence-corrected chi connectivity index (χ1v) is 7.30. The zero-order valence-corrected chi connectivity index (χ0v) is 13.6. The molecule has 0 heterocycles. The number of hydrogen-bond donors (Lipinski definition) is 0. The minimum Gasteiger partial charge on any atom is -0.496 e. The standard InChI is InChI=1S/C16H14BrClO2/c1-10-3-5-13(18)9-14(10)15(19)8-11-7-12(17)4-6-16(11)20-2/h3-7,9H,8H2,1-2H3. The zero-order valence-electron chi connectivity index (χ0n) is 11.2. The van der Waals surface area contributed by atoms with Crippen LogP contribution in [0.4, 0.5) is 0 Å². The Hall–Kier alpha value is -1.32. The summed E-state index contributed by atoms with van der Waals surface area (Å²) in [6.07, 6.45) is 0.282. The van der Waals surface area contributed by atoms with Gasteiger partial charge in [-0.2, -0.15) is 0 Å². The fourth-order valence-corrected chi connectivity index (χ4v) is 2.63. The summed E-state index contributed by atoms with van der Waals surface area (Å²) < 4.78 is 6.21. The maximum atomic E-state index is 12.4. The van der Waals surface area contributed by atoms with E-state index in [2.05, 4.69) is 15.9 Å². The molecule has 0 saturated heterocycles. The van der Waals surface area contributed by atoms with Crippen molar-refractivity contribution < 1.29 is 9.53 Å². The molecule has 0 aliphatic heterocycles. The van der Waals surface area contributed by atoms with Crippen LogP contribution in [0, 0.1) is 6.92 Å². The van der Waals surface area contributed by atoms with Crippen LogP contribution in [0.15, 0.2) is 40.9 Å². The molecule has 0 aromatic heterocycles. The lowest BCUT2D eigenvalue weighted by Gasteiger charge is -2.10. The molecule has 2 aromatic rings. The van der Waals surface area contributed by atoms with Crippen LogP contribution in [-0.4, -0.2) is 12.9 Å². The van der Waals surface area contributed by atoms with Gasteiger partial charge in [0.05, 0.1) is 7.11 Å². The number of carbonyl (C=O) groups is 1. The molecule has 0 N–H and O–H groups in total. The number of Topliss-reactive ketones (excluding diaryl/α,β-unsaturated/α-hetero) is 1. The van der Waals surface area contributed by atoms with Gasteiger partial charge in [-0.25, -0.2) is 0 Å². The van der Waals surface area contributed by atoms with E-state index in [0.29, 0.717) is 16.3 Å². The van der Waals surface area contributed by atoms with Gasteiger partial charge < -0.3 is 4.74 Å². The van der Waals surface area contributed by atoms with E-state index >= 15 is 0 Å². The summed E-state index contributed by atoms with van der Waals surface area (Å²) >= 11 is 9.37. The molecule has 0 saturated carbocycles. The number of rotatable bonds is 4. The first-order valence-electron chi connectivity index (χ1n) is 6.13. The summed E-state index contributed by atoms with van der Waals surface area (Å²) in [7, 11) is 1.60. The fourth-order valence-electron chi connectivity index (χ4n) is 2.05. The molecule has 0 spiro atoms. The largest absolute Gasteiger partial charge is 0.496 e. The normalized spacial score (nSPS) is 10.4. The average Bonchev–Trinajstić information content (AvgIpc) is 2.41. The molecule has 0 unspecified atom stereocenters. The van der Waals surface area contributed by atoms with Crippen LogP contribution in [0.1, 0.15) is 21.5 Å². The van der Waals surface area contributed by atoms with Gasteiger partial charge in [0.2, 0.25) is 0 Å². The van der Waals surface area contributed by atoms with Gasteiger partial charge in [-0.15, -0.1) is 0 Å². The number of ether oxygens (including phenoxy) is 1. The Morgan fingerprint density at radius 3 is 2.70 bits per heavy atom. The molecule has 0 amide bonds. The lowest BCUT2D eigenvalue weighted by Crippen LogP contribution is -2.07. The maximum absolute atomic E-state index is 12.4. The fraction of sp³-hybridized carbons (Fsp3) is 0.188. The molecule has 20 heavy (non-hydrogen) atoms. The third-order valence-electron chi connectivity index (χ3n) is 3.09. The second-order valence-electron chi connectivity index (χ2n) is 4.52. The van der Waals surface area contributed by atoms with Gasteiger partial charge in [-0.05, 0) is 42.8 Å². The Morgan fingerprint density at radius 1 is 1.25 bits per heavy atom. The van der Waals surface area contributed by atoms with Gasteiger partial charge in [0, 0.05) is 27.0 Å². The minimum atomic E-state index is 0.0291. The molecule has 0 bridgehead atoms. The predicted molar refractivity (Wildman–Crippen MR) is 84.9 cm³/mol. The van der Waals surface area contributed by atoms with E-state index in [9.17, 15) is 4.79 Å². The molecule has 0 aliphatic carbocycles. The van der Waals surface area contributed by atoms with E-state index in [1.165, 1.54) is 0 Å². The maximum Gasteiger partial charge on any atom is 0.167 e. The van der Waals surface area contributed by atoms with E-state index in [0.717, 1.165) is 15.6 Å². The van der Waals surface area contributed by atoms with E-state index in [1.54, 1.807) is 19.2 Å². The highest BCUT2D eigenvalue weighted by molar-refractivity contribution is 9.10. The Balaban J connectivity index is 2.32. The van der Waals surface area contributed by atoms with Crippen LogP contribution in [-0.2, 0) is 6.42 Å². The van der Waals surface area contributed by atoms with Gasteiger partial charge in [0.25, 0.3) is 0 Å². The quantitative estimate of drug-likeness (QED) is 0.735. The molecular weight excluding hydrogens is 340 g/mol. The van der Waals surface area contributed by atoms with Crippen LogP contribution in [0.25, 0.3) is 0 Å². The number of methoxy groups -OCH3 is 1. The summed E-state index contributed by atoms with van der Waals surface area (Å²) in [6, 6.07) is 11.0. The summed E-state index contributed by atoms with van der Waals surface area (Å²) in [4.78, 5) is 12.4. The Morgan fingerprint density at radius 2 is 2.00 bits per heavy atom. The average molecular weight is 354 g/mol. The number of hydrogen-bond acceptors (Lipinski definition) is 2. The topological polar surface area (TPSA) is 26.3 Å². The third-order valence-corrected chi connectivity index (χ3v) is 3.82. The van der Waals surface area contributed by atoms with Crippen LogP contribution >= 0.6 is 27.5 Å². The Labute approximate surface area is 131 Å². The minimum absolute atomic E-state index is 0.0291. The first-order chi connectivity index (χ1) is 9.51. The van der Waals surface area contributed by atoms with E-state index in [4.69, 9.17) is 16.3 Å². The number of ketones is 1. The van der Waals surface area contributed by atoms with Gasteiger partial charge in [0.1, 0.15) is 5.75 Å². The summed E-state index contributed by atoms with van der Waals surface area (Å²) in [5.41, 5.74) is 2.43. The summed E-state index contributed by atoms with van der Waals surface area (Å²) in [5, 5.41) is 0.570. The van der Waals surface area contributed by atoms with Crippen LogP contribution < -0.4 is 4.74 Å². The van der Waals surface area contributed by atoms with Crippen LogP contribution in [0.5, 0.6) is 5.75 Å². The SMILES string of the molecule is COc1ccc(Br)cc1CC(=O)c1cc(Cl)ccc1C. The lowest BCUT2D eigenvalue weighted by atomic mass is 9.99. The van der Waals surface area contributed by atoms with E-state index in [1.807, 2.05) is 31.2 Å². The van der Waals surface area contributed by atoms with Crippen molar-refractivity contribution in [3.05, 3.63) is 62.6 Å². The molecule has 2 nitrogen and oxygen atoms in total. The number of carbonyl (C=O) groups excluding carboxylic acids is 1. The summed E-state index contributed by atoms with van der Waals surface area (Å²) in [6.45, 7) is 1.90. The highest BCUT2D eigenvalue weighted by Crippen LogP contribution is 2.25. The van der Waals surface area contributed by atoms with Crippen molar-refractivity contribution in [2.24, 2.45) is 0 Å². The van der Waals surface area contributed by atoms with Crippen molar-refractivity contribution in [1.82, 2.24) is 0 Å². The highest BCUT2D eigenvalue weighted by atomic mass is 79.9. The molecule has 0 fully saturated rings. The van der Waals surface area contributed by atoms with E-state index in [-0.39, 0.29) is 12.2 Å². The first kappa shape index (κ1) is 15.1. The van der Waals surface area contributed by atoms with Crippen molar-refractivity contribution >= 4 is 33.3 Å². The molecule has 2 aromatic carbocycles. The lowest BCUT2D eigenvalue weighted by molar-refractivity contribution is 0.0991. The van der Waals surface area contributed by atoms with Crippen molar-refractivity contribution in [2.45, 2.75) is 13.3 Å². The van der Waals surface area contributed by atoms with Crippen molar-refractivity contribution in [3.63, 3.8) is 0 Å².